The molecule has 1 rings (SSSR count). The summed E-state index contributed by atoms with van der Waals surface area (Å²) in [5.41, 5.74) is 0. The molecule has 1 aliphatic heterocycles. The average Bonchev–Trinajstić information content (AvgIpc) is 1.96. The van der Waals surface area contributed by atoms with E-state index in [0.29, 0.717) is 18.3 Å². The van der Waals surface area contributed by atoms with Gasteiger partial charge >= 0.3 is 5.97 Å². The number of hydrogen-bond acceptors (Lipinski definition) is 2. The molecule has 0 bridgehead atoms. The van der Waals surface area contributed by atoms with Gasteiger partial charge < -0.3 is 4.74 Å². The van der Waals surface area contributed by atoms with Crippen LogP contribution in [0, 0.1) is 11.8 Å². The molecule has 2 heteroatoms. The van der Waals surface area contributed by atoms with E-state index in [9.17, 15) is 4.79 Å². The molecule has 0 N–H and O–H groups in total. The number of carbonyl (C=O) groups excluding carboxylic acids is 1. The van der Waals surface area contributed by atoms with E-state index < -0.39 is 0 Å². The fourth-order valence-corrected chi connectivity index (χ4v) is 1.62. The highest BCUT2D eigenvalue weighted by Crippen LogP contribution is 2.25. The zero-order chi connectivity index (χ0) is 9.14. The number of ether oxygens (including phenoxy) is 1. The predicted molar refractivity (Wildman–Crippen MR) is 47.7 cm³/mol. The van der Waals surface area contributed by atoms with Crippen LogP contribution in [-0.2, 0) is 9.53 Å². The predicted octanol–water partition coefficient (Wildman–Crippen LogP) is 2.37. The summed E-state index contributed by atoms with van der Waals surface area (Å²) < 4.78 is 5.27. The van der Waals surface area contributed by atoms with Crippen LogP contribution in [0.1, 0.15) is 40.0 Å². The fourth-order valence-electron chi connectivity index (χ4n) is 1.62. The Bertz CT molecular complexity index is 163. The molecule has 0 aromatic rings. The van der Waals surface area contributed by atoms with Crippen LogP contribution in [0.25, 0.3) is 0 Å². The molecule has 0 aliphatic carbocycles. The van der Waals surface area contributed by atoms with Gasteiger partial charge in [0.1, 0.15) is 6.10 Å². The maximum Gasteiger partial charge on any atom is 0.306 e. The Labute approximate surface area is 74.3 Å². The van der Waals surface area contributed by atoms with Crippen LogP contribution in [0.2, 0.25) is 0 Å². The highest BCUT2D eigenvalue weighted by Gasteiger charge is 2.27. The lowest BCUT2D eigenvalue weighted by atomic mass is 9.90. The van der Waals surface area contributed by atoms with Gasteiger partial charge in [-0.05, 0) is 24.7 Å². The molecule has 0 radical (unpaired) electrons. The molecule has 70 valence electrons. The van der Waals surface area contributed by atoms with E-state index in [1.807, 2.05) is 0 Å². The first-order valence-electron chi connectivity index (χ1n) is 4.79. The molecule has 0 aromatic heterocycles. The van der Waals surface area contributed by atoms with Crippen molar-refractivity contribution in [2.45, 2.75) is 46.1 Å². The Morgan fingerprint density at radius 2 is 2.25 bits per heavy atom. The van der Waals surface area contributed by atoms with E-state index >= 15 is 0 Å². The quantitative estimate of drug-likeness (QED) is 0.595. The van der Waals surface area contributed by atoms with Gasteiger partial charge in [0.05, 0.1) is 0 Å². The first-order valence-corrected chi connectivity index (χ1v) is 4.79. The first kappa shape index (κ1) is 9.56. The molecule has 1 aliphatic rings. The number of cyclic esters (lactones) is 1. The van der Waals surface area contributed by atoms with E-state index in [1.54, 1.807) is 0 Å². The van der Waals surface area contributed by atoms with Gasteiger partial charge in [-0.1, -0.05) is 20.8 Å². The van der Waals surface area contributed by atoms with Gasteiger partial charge in [-0.25, -0.2) is 0 Å². The summed E-state index contributed by atoms with van der Waals surface area (Å²) in [5.74, 6) is 1.15. The van der Waals surface area contributed by atoms with Crippen LogP contribution in [0.15, 0.2) is 0 Å². The summed E-state index contributed by atoms with van der Waals surface area (Å²) in [6, 6.07) is 0. The molecule has 1 saturated heterocycles. The van der Waals surface area contributed by atoms with Crippen molar-refractivity contribution in [3.05, 3.63) is 0 Å². The van der Waals surface area contributed by atoms with Gasteiger partial charge in [-0.2, -0.15) is 0 Å². The SMILES string of the molecule is CC(C)CC1OC(=O)CC[C@@H]1C. The van der Waals surface area contributed by atoms with Gasteiger partial charge in [0.15, 0.2) is 0 Å². The van der Waals surface area contributed by atoms with Crippen molar-refractivity contribution >= 4 is 5.97 Å². The highest BCUT2D eigenvalue weighted by atomic mass is 16.5. The monoisotopic (exact) mass is 170 g/mol. The second kappa shape index (κ2) is 3.92. The zero-order valence-electron chi connectivity index (χ0n) is 8.17. The Kier molecular flexibility index (Phi) is 3.12. The van der Waals surface area contributed by atoms with Crippen molar-refractivity contribution in [1.82, 2.24) is 0 Å². The van der Waals surface area contributed by atoms with Crippen molar-refractivity contribution in [1.29, 1.82) is 0 Å². The summed E-state index contributed by atoms with van der Waals surface area (Å²) in [5, 5.41) is 0. The third kappa shape index (κ3) is 2.50. The molecule has 0 saturated carbocycles. The van der Waals surface area contributed by atoms with E-state index in [1.165, 1.54) is 0 Å². The highest BCUT2D eigenvalue weighted by molar-refractivity contribution is 5.70. The summed E-state index contributed by atoms with van der Waals surface area (Å²) in [6.45, 7) is 6.49. The van der Waals surface area contributed by atoms with Crippen molar-refractivity contribution in [3.63, 3.8) is 0 Å². The third-order valence-corrected chi connectivity index (χ3v) is 2.43. The minimum Gasteiger partial charge on any atom is -0.462 e. The summed E-state index contributed by atoms with van der Waals surface area (Å²) >= 11 is 0. The second-order valence-corrected chi connectivity index (χ2v) is 4.17. The lowest BCUT2D eigenvalue weighted by Gasteiger charge is -2.29. The first-order chi connectivity index (χ1) is 5.59. The summed E-state index contributed by atoms with van der Waals surface area (Å²) in [6.07, 6.45) is 2.78. The lowest BCUT2D eigenvalue weighted by molar-refractivity contribution is -0.158. The van der Waals surface area contributed by atoms with Crippen LogP contribution < -0.4 is 0 Å². The largest absolute Gasteiger partial charge is 0.462 e. The van der Waals surface area contributed by atoms with Gasteiger partial charge in [-0.15, -0.1) is 0 Å². The smallest absolute Gasteiger partial charge is 0.306 e. The number of hydrogen-bond donors (Lipinski definition) is 0. The second-order valence-electron chi connectivity index (χ2n) is 4.17. The third-order valence-electron chi connectivity index (χ3n) is 2.43. The van der Waals surface area contributed by atoms with E-state index in [0.717, 1.165) is 12.8 Å². The van der Waals surface area contributed by atoms with Crippen LogP contribution in [0.3, 0.4) is 0 Å². The Morgan fingerprint density at radius 1 is 1.58 bits per heavy atom. The van der Waals surface area contributed by atoms with E-state index in [-0.39, 0.29) is 12.1 Å². The number of esters is 1. The fraction of sp³-hybridized carbons (Fsp3) is 0.900. The molecule has 2 nitrogen and oxygen atoms in total. The molecular formula is C10H18O2. The van der Waals surface area contributed by atoms with Crippen LogP contribution in [0.5, 0.6) is 0 Å². The van der Waals surface area contributed by atoms with E-state index in [4.69, 9.17) is 4.74 Å². The maximum atomic E-state index is 11.0. The Balaban J connectivity index is 2.43. The Morgan fingerprint density at radius 3 is 2.83 bits per heavy atom. The van der Waals surface area contributed by atoms with Gasteiger partial charge in [-0.3, -0.25) is 4.79 Å². The summed E-state index contributed by atoms with van der Waals surface area (Å²) in [7, 11) is 0. The molecule has 2 atom stereocenters. The molecule has 0 spiro atoms. The molecule has 1 heterocycles. The van der Waals surface area contributed by atoms with Crippen molar-refractivity contribution in [2.75, 3.05) is 0 Å². The molecular weight excluding hydrogens is 152 g/mol. The normalized spacial score (nSPS) is 30.5. The molecule has 0 aromatic carbocycles. The molecule has 1 unspecified atom stereocenters. The van der Waals surface area contributed by atoms with Gasteiger partial charge in [0, 0.05) is 6.42 Å². The van der Waals surface area contributed by atoms with Crippen LogP contribution in [0.4, 0.5) is 0 Å². The van der Waals surface area contributed by atoms with Crippen molar-refractivity contribution in [3.8, 4) is 0 Å². The van der Waals surface area contributed by atoms with E-state index in [2.05, 4.69) is 20.8 Å². The number of carbonyl (C=O) groups is 1. The van der Waals surface area contributed by atoms with Crippen LogP contribution in [-0.4, -0.2) is 12.1 Å². The van der Waals surface area contributed by atoms with Crippen molar-refractivity contribution in [2.24, 2.45) is 11.8 Å². The van der Waals surface area contributed by atoms with Crippen molar-refractivity contribution < 1.29 is 9.53 Å². The number of rotatable bonds is 2. The average molecular weight is 170 g/mol. The topological polar surface area (TPSA) is 26.3 Å². The zero-order valence-corrected chi connectivity index (χ0v) is 8.17. The minimum atomic E-state index is -0.0150. The standard InChI is InChI=1S/C10H18O2/c1-7(2)6-9-8(3)4-5-10(11)12-9/h7-9H,4-6H2,1-3H3/t8-,9?/m0/s1. The van der Waals surface area contributed by atoms with Gasteiger partial charge in [0.2, 0.25) is 0 Å². The molecule has 12 heavy (non-hydrogen) atoms. The molecule has 0 amide bonds. The molecule has 1 fully saturated rings. The Hall–Kier alpha value is -0.530. The van der Waals surface area contributed by atoms with Gasteiger partial charge in [0.25, 0.3) is 0 Å². The summed E-state index contributed by atoms with van der Waals surface area (Å²) in [4.78, 5) is 11.0. The maximum absolute atomic E-state index is 11.0. The lowest BCUT2D eigenvalue weighted by Crippen LogP contribution is -2.31. The van der Waals surface area contributed by atoms with Crippen LogP contribution >= 0.6 is 0 Å². The minimum absolute atomic E-state index is 0.0150.